The van der Waals surface area contributed by atoms with Gasteiger partial charge in [0.25, 0.3) is 5.91 Å². The highest BCUT2D eigenvalue weighted by atomic mass is 79.9. The molecule has 2 rings (SSSR count). The van der Waals surface area contributed by atoms with E-state index < -0.39 is 0 Å². The van der Waals surface area contributed by atoms with Crippen molar-refractivity contribution in [3.8, 4) is 11.5 Å². The molecule has 0 aliphatic heterocycles. The van der Waals surface area contributed by atoms with E-state index in [1.165, 1.54) is 0 Å². The molecule has 0 atom stereocenters. The number of nitrogens with zero attached hydrogens (tertiary/aromatic N) is 1. The molecule has 0 bridgehead atoms. The van der Waals surface area contributed by atoms with E-state index in [1.807, 2.05) is 43.3 Å². The number of hydrazone groups is 1. The molecule has 0 aliphatic carbocycles. The SMILES string of the molecule is COc1cccc(/C(C)=N\NC(=O)COc2cccc(Br)c2)c1. The van der Waals surface area contributed by atoms with Gasteiger partial charge in [0.1, 0.15) is 11.5 Å². The van der Waals surface area contributed by atoms with Crippen LogP contribution in [-0.4, -0.2) is 25.3 Å². The summed E-state index contributed by atoms with van der Waals surface area (Å²) >= 11 is 3.34. The summed E-state index contributed by atoms with van der Waals surface area (Å²) in [6.07, 6.45) is 0. The van der Waals surface area contributed by atoms with Gasteiger partial charge in [-0.25, -0.2) is 5.43 Å². The molecule has 0 aliphatic rings. The number of hydrogen-bond acceptors (Lipinski definition) is 4. The van der Waals surface area contributed by atoms with E-state index in [4.69, 9.17) is 9.47 Å². The average molecular weight is 377 g/mol. The van der Waals surface area contributed by atoms with Crippen LogP contribution in [-0.2, 0) is 4.79 Å². The van der Waals surface area contributed by atoms with Crippen molar-refractivity contribution in [2.45, 2.75) is 6.92 Å². The molecule has 23 heavy (non-hydrogen) atoms. The summed E-state index contributed by atoms with van der Waals surface area (Å²) < 4.78 is 11.4. The van der Waals surface area contributed by atoms with Gasteiger partial charge < -0.3 is 9.47 Å². The highest BCUT2D eigenvalue weighted by Crippen LogP contribution is 2.17. The molecular weight excluding hydrogens is 360 g/mol. The van der Waals surface area contributed by atoms with Gasteiger partial charge in [0.15, 0.2) is 6.61 Å². The van der Waals surface area contributed by atoms with Gasteiger partial charge >= 0.3 is 0 Å². The van der Waals surface area contributed by atoms with Crippen molar-refractivity contribution in [1.82, 2.24) is 5.43 Å². The second-order valence-corrected chi connectivity index (χ2v) is 5.63. The Kier molecular flexibility index (Phi) is 6.17. The zero-order valence-electron chi connectivity index (χ0n) is 12.9. The molecule has 5 nitrogen and oxygen atoms in total. The summed E-state index contributed by atoms with van der Waals surface area (Å²) in [7, 11) is 1.60. The molecule has 120 valence electrons. The first-order chi connectivity index (χ1) is 11.1. The fourth-order valence-corrected chi connectivity index (χ4v) is 2.18. The van der Waals surface area contributed by atoms with Crippen molar-refractivity contribution in [3.63, 3.8) is 0 Å². The summed E-state index contributed by atoms with van der Waals surface area (Å²) in [6, 6.07) is 14.7. The van der Waals surface area contributed by atoms with Crippen molar-refractivity contribution in [2.75, 3.05) is 13.7 Å². The molecule has 0 unspecified atom stereocenters. The third-order valence-corrected chi connectivity index (χ3v) is 3.50. The van der Waals surface area contributed by atoms with Crippen LogP contribution in [0.4, 0.5) is 0 Å². The van der Waals surface area contributed by atoms with Gasteiger partial charge in [-0.2, -0.15) is 5.10 Å². The first-order valence-electron chi connectivity index (χ1n) is 6.94. The van der Waals surface area contributed by atoms with Gasteiger partial charge in [-0.05, 0) is 37.3 Å². The zero-order chi connectivity index (χ0) is 16.7. The van der Waals surface area contributed by atoms with Crippen LogP contribution >= 0.6 is 15.9 Å². The average Bonchev–Trinajstić information content (AvgIpc) is 2.58. The Bertz CT molecular complexity index is 716. The summed E-state index contributed by atoms with van der Waals surface area (Å²) in [6.45, 7) is 1.70. The minimum absolute atomic E-state index is 0.106. The maximum atomic E-state index is 11.8. The van der Waals surface area contributed by atoms with Crippen molar-refractivity contribution >= 4 is 27.5 Å². The number of methoxy groups -OCH3 is 1. The molecule has 0 spiro atoms. The van der Waals surface area contributed by atoms with Gasteiger partial charge in [0.2, 0.25) is 0 Å². The number of nitrogens with one attached hydrogen (secondary N) is 1. The van der Waals surface area contributed by atoms with E-state index in [-0.39, 0.29) is 12.5 Å². The Morgan fingerprint density at radius 2 is 1.91 bits per heavy atom. The number of halogens is 1. The van der Waals surface area contributed by atoms with Crippen LogP contribution in [0.5, 0.6) is 11.5 Å². The lowest BCUT2D eigenvalue weighted by Crippen LogP contribution is -2.25. The molecule has 0 saturated carbocycles. The van der Waals surface area contributed by atoms with E-state index >= 15 is 0 Å². The van der Waals surface area contributed by atoms with Crippen LogP contribution < -0.4 is 14.9 Å². The first-order valence-corrected chi connectivity index (χ1v) is 7.73. The van der Waals surface area contributed by atoms with Gasteiger partial charge in [0.05, 0.1) is 12.8 Å². The van der Waals surface area contributed by atoms with E-state index in [1.54, 1.807) is 19.2 Å². The minimum Gasteiger partial charge on any atom is -0.497 e. The minimum atomic E-state index is -0.327. The van der Waals surface area contributed by atoms with Crippen molar-refractivity contribution < 1.29 is 14.3 Å². The summed E-state index contributed by atoms with van der Waals surface area (Å²) in [5.74, 6) is 1.02. The molecule has 0 radical (unpaired) electrons. The van der Waals surface area contributed by atoms with Gasteiger partial charge in [-0.15, -0.1) is 0 Å². The van der Waals surface area contributed by atoms with Gasteiger partial charge in [-0.1, -0.05) is 34.1 Å². The van der Waals surface area contributed by atoms with Crippen molar-refractivity contribution in [2.24, 2.45) is 5.10 Å². The monoisotopic (exact) mass is 376 g/mol. The number of amides is 1. The first kappa shape index (κ1) is 17.0. The second kappa shape index (κ2) is 8.33. The largest absolute Gasteiger partial charge is 0.497 e. The predicted octanol–water partition coefficient (Wildman–Crippen LogP) is 3.38. The fraction of sp³-hybridized carbons (Fsp3) is 0.176. The molecule has 2 aromatic rings. The Hall–Kier alpha value is -2.34. The molecule has 2 aromatic carbocycles. The number of ether oxygens (including phenoxy) is 2. The molecule has 1 N–H and O–H groups in total. The van der Waals surface area contributed by atoms with Crippen molar-refractivity contribution in [1.29, 1.82) is 0 Å². The molecule has 0 saturated heterocycles. The topological polar surface area (TPSA) is 59.9 Å². The summed E-state index contributed by atoms with van der Waals surface area (Å²) in [4.78, 5) is 11.8. The predicted molar refractivity (Wildman–Crippen MR) is 93.0 cm³/mol. The molecule has 0 heterocycles. The number of carbonyl (C=O) groups excluding carboxylic acids is 1. The summed E-state index contributed by atoms with van der Waals surface area (Å²) in [5, 5.41) is 4.07. The standard InChI is InChI=1S/C17H17BrN2O3/c1-12(13-5-3-7-15(9-13)22-2)19-20-17(21)11-23-16-8-4-6-14(18)10-16/h3-10H,11H2,1-2H3,(H,20,21)/b19-12-. The number of carbonyl (C=O) groups is 1. The van der Waals surface area contributed by atoms with Crippen molar-refractivity contribution in [3.05, 3.63) is 58.6 Å². The lowest BCUT2D eigenvalue weighted by Gasteiger charge is -2.07. The molecule has 6 heteroatoms. The van der Waals surface area contributed by atoms with Gasteiger partial charge in [-0.3, -0.25) is 4.79 Å². The smallest absolute Gasteiger partial charge is 0.277 e. The zero-order valence-corrected chi connectivity index (χ0v) is 14.5. The fourth-order valence-electron chi connectivity index (χ4n) is 1.80. The van der Waals surface area contributed by atoms with E-state index in [0.717, 1.165) is 15.8 Å². The maximum Gasteiger partial charge on any atom is 0.277 e. The van der Waals surface area contributed by atoms with Crippen LogP contribution in [0.3, 0.4) is 0 Å². The van der Waals surface area contributed by atoms with Crippen LogP contribution in [0, 0.1) is 0 Å². The third kappa shape index (κ3) is 5.41. The summed E-state index contributed by atoms with van der Waals surface area (Å²) in [5.41, 5.74) is 4.03. The maximum absolute atomic E-state index is 11.8. The Morgan fingerprint density at radius 1 is 1.17 bits per heavy atom. The number of rotatable bonds is 6. The van der Waals surface area contributed by atoms with Crippen LogP contribution in [0.1, 0.15) is 12.5 Å². The molecular formula is C17H17BrN2O3. The lowest BCUT2D eigenvalue weighted by atomic mass is 10.1. The van der Waals surface area contributed by atoms with E-state index in [9.17, 15) is 4.79 Å². The highest BCUT2D eigenvalue weighted by molar-refractivity contribution is 9.10. The quantitative estimate of drug-likeness (QED) is 0.620. The van der Waals surface area contributed by atoms with Crippen LogP contribution in [0.15, 0.2) is 58.1 Å². The Labute approximate surface area is 143 Å². The second-order valence-electron chi connectivity index (χ2n) is 4.71. The number of benzene rings is 2. The normalized spacial score (nSPS) is 11.0. The van der Waals surface area contributed by atoms with Crippen LogP contribution in [0.2, 0.25) is 0 Å². The molecule has 0 aromatic heterocycles. The Balaban J connectivity index is 1.89. The van der Waals surface area contributed by atoms with E-state index in [2.05, 4.69) is 26.5 Å². The molecule has 1 amide bonds. The van der Waals surface area contributed by atoms with Gasteiger partial charge in [0, 0.05) is 10.0 Å². The van der Waals surface area contributed by atoms with Crippen LogP contribution in [0.25, 0.3) is 0 Å². The number of hydrogen-bond donors (Lipinski definition) is 1. The third-order valence-electron chi connectivity index (χ3n) is 3.00. The highest BCUT2D eigenvalue weighted by Gasteiger charge is 2.04. The van der Waals surface area contributed by atoms with E-state index in [0.29, 0.717) is 11.5 Å². The Morgan fingerprint density at radius 3 is 2.65 bits per heavy atom. The molecule has 0 fully saturated rings. The lowest BCUT2D eigenvalue weighted by molar-refractivity contribution is -0.123.